The lowest BCUT2D eigenvalue weighted by atomic mass is 9.98. The number of carbonyl (C=O) groups excluding carboxylic acids is 1. The van der Waals surface area contributed by atoms with Crippen LogP contribution in [0.3, 0.4) is 0 Å². The highest BCUT2D eigenvalue weighted by Gasteiger charge is 2.28. The maximum absolute atomic E-state index is 13.3. The number of aliphatic carboxylic acids is 1. The monoisotopic (exact) mass is 380 g/mol. The van der Waals surface area contributed by atoms with Gasteiger partial charge in [0.1, 0.15) is 12.2 Å². The molecule has 3 rings (SSSR count). The summed E-state index contributed by atoms with van der Waals surface area (Å²) in [5, 5.41) is 12.2. The fourth-order valence-electron chi connectivity index (χ4n) is 2.91. The number of carboxylic acids is 1. The summed E-state index contributed by atoms with van der Waals surface area (Å²) in [4.78, 5) is 26.1. The minimum Gasteiger partial charge on any atom is -0.480 e. The van der Waals surface area contributed by atoms with Gasteiger partial charge in [-0.15, -0.1) is 0 Å². The van der Waals surface area contributed by atoms with Crippen LogP contribution in [-0.2, 0) is 4.79 Å². The first-order valence-electron chi connectivity index (χ1n) is 8.53. The number of hydrogen-bond acceptors (Lipinski definition) is 4. The largest absolute Gasteiger partial charge is 0.480 e. The molecule has 0 spiro atoms. The Labute approximate surface area is 163 Å². The van der Waals surface area contributed by atoms with Crippen molar-refractivity contribution in [2.24, 2.45) is 0 Å². The average Bonchev–Trinajstić information content (AvgIpc) is 2.72. The van der Waals surface area contributed by atoms with E-state index in [0.29, 0.717) is 5.56 Å². The Bertz CT molecular complexity index is 880. The normalized spacial score (nSPS) is 16.9. The molecule has 0 saturated heterocycles. The van der Waals surface area contributed by atoms with E-state index in [-0.39, 0.29) is 11.7 Å². The highest BCUT2D eigenvalue weighted by atomic mass is 32.1. The molecule has 1 unspecified atom stereocenters. The van der Waals surface area contributed by atoms with Gasteiger partial charge in [-0.2, -0.15) is 12.6 Å². The molecule has 0 radical (unpaired) electrons. The van der Waals surface area contributed by atoms with Crippen LogP contribution in [0.1, 0.15) is 10.4 Å². The van der Waals surface area contributed by atoms with Crippen LogP contribution in [0, 0.1) is 0 Å². The van der Waals surface area contributed by atoms with E-state index in [1.165, 1.54) is 4.90 Å². The van der Waals surface area contributed by atoms with Crippen LogP contribution in [0.15, 0.2) is 79.0 Å². The maximum Gasteiger partial charge on any atom is 0.321 e. The smallest absolute Gasteiger partial charge is 0.321 e. The Hall–Kier alpha value is -2.83. The van der Waals surface area contributed by atoms with Crippen LogP contribution in [-0.4, -0.2) is 39.8 Å². The maximum atomic E-state index is 13.3. The van der Waals surface area contributed by atoms with Gasteiger partial charge in [-0.3, -0.25) is 19.8 Å². The molecule has 0 aliphatic carbocycles. The zero-order valence-corrected chi connectivity index (χ0v) is 15.4. The van der Waals surface area contributed by atoms with E-state index in [1.807, 2.05) is 48.5 Å². The van der Waals surface area contributed by atoms with E-state index in [1.54, 1.807) is 30.5 Å². The summed E-state index contributed by atoms with van der Waals surface area (Å²) in [7, 11) is 0. The Balaban J connectivity index is 1.92. The molecule has 0 bridgehead atoms. The fraction of sp³-hybridized carbons (Fsp3) is 0.143. The first-order chi connectivity index (χ1) is 13.1. The quantitative estimate of drug-likeness (QED) is 0.674. The van der Waals surface area contributed by atoms with Gasteiger partial charge in [0, 0.05) is 17.5 Å². The zero-order chi connectivity index (χ0) is 19.2. The molecule has 1 aliphatic rings. The SMILES string of the molecule is O=C(O)C(CS)N[C@@H]1C=CC=CN1C(=O)c1ccccc1-c1ccccc1. The van der Waals surface area contributed by atoms with Crippen molar-refractivity contribution >= 4 is 24.5 Å². The topological polar surface area (TPSA) is 69.6 Å². The van der Waals surface area contributed by atoms with Gasteiger partial charge in [0.05, 0.1) is 0 Å². The van der Waals surface area contributed by atoms with Gasteiger partial charge >= 0.3 is 5.97 Å². The molecule has 1 amide bonds. The molecule has 2 atom stereocenters. The number of carbonyl (C=O) groups is 2. The highest BCUT2D eigenvalue weighted by Crippen LogP contribution is 2.25. The molecular formula is C21H20N2O3S. The lowest BCUT2D eigenvalue weighted by Gasteiger charge is -2.31. The number of hydrogen-bond donors (Lipinski definition) is 3. The Morgan fingerprint density at radius 1 is 1.07 bits per heavy atom. The molecule has 6 heteroatoms. The van der Waals surface area contributed by atoms with Crippen LogP contribution in [0.5, 0.6) is 0 Å². The first-order valence-corrected chi connectivity index (χ1v) is 9.17. The Kier molecular flexibility index (Phi) is 6.11. The van der Waals surface area contributed by atoms with E-state index in [0.717, 1.165) is 11.1 Å². The summed E-state index contributed by atoms with van der Waals surface area (Å²) < 4.78 is 0. The molecule has 138 valence electrons. The van der Waals surface area contributed by atoms with Gasteiger partial charge in [-0.05, 0) is 29.3 Å². The van der Waals surface area contributed by atoms with E-state index >= 15 is 0 Å². The molecule has 0 fully saturated rings. The number of benzene rings is 2. The summed E-state index contributed by atoms with van der Waals surface area (Å²) in [6.45, 7) is 0. The number of carboxylic acid groups (broad SMARTS) is 1. The minimum atomic E-state index is -1.01. The third-order valence-electron chi connectivity index (χ3n) is 4.28. The number of nitrogens with zero attached hydrogens (tertiary/aromatic N) is 1. The number of allylic oxidation sites excluding steroid dienone is 2. The molecule has 1 heterocycles. The second kappa shape index (κ2) is 8.70. The molecule has 5 nitrogen and oxygen atoms in total. The summed E-state index contributed by atoms with van der Waals surface area (Å²) in [6, 6.07) is 16.2. The molecule has 0 aromatic heterocycles. The first kappa shape index (κ1) is 18.9. The van der Waals surface area contributed by atoms with Crippen molar-refractivity contribution in [1.82, 2.24) is 10.2 Å². The van der Waals surface area contributed by atoms with Crippen LogP contribution in [0.2, 0.25) is 0 Å². The van der Waals surface area contributed by atoms with E-state index in [2.05, 4.69) is 17.9 Å². The standard InChI is InChI=1S/C21H20N2O3S/c24-20(17-11-5-4-10-16(17)15-8-2-1-3-9-15)23-13-7-6-12-19(23)22-18(14-27)21(25)26/h1-13,18-19,22,27H,14H2,(H,25,26)/t18?,19-/m0/s1. The lowest BCUT2D eigenvalue weighted by molar-refractivity contribution is -0.139. The van der Waals surface area contributed by atoms with Gasteiger partial charge < -0.3 is 5.11 Å². The van der Waals surface area contributed by atoms with Gasteiger partial charge in [-0.25, -0.2) is 0 Å². The minimum absolute atomic E-state index is 0.117. The van der Waals surface area contributed by atoms with E-state index in [4.69, 9.17) is 0 Å². The van der Waals surface area contributed by atoms with Gasteiger partial charge in [-0.1, -0.05) is 54.6 Å². The number of rotatable bonds is 6. The van der Waals surface area contributed by atoms with Crippen LogP contribution in [0.4, 0.5) is 0 Å². The molecule has 27 heavy (non-hydrogen) atoms. The third-order valence-corrected chi connectivity index (χ3v) is 4.65. The predicted octanol–water partition coefficient (Wildman–Crippen LogP) is 3.18. The molecule has 0 saturated carbocycles. The predicted molar refractivity (Wildman–Crippen MR) is 109 cm³/mol. The highest BCUT2D eigenvalue weighted by molar-refractivity contribution is 7.80. The molecule has 2 aromatic carbocycles. The molecular weight excluding hydrogens is 360 g/mol. The van der Waals surface area contributed by atoms with Crippen molar-refractivity contribution in [2.75, 3.05) is 5.75 Å². The van der Waals surface area contributed by atoms with Crippen molar-refractivity contribution in [2.45, 2.75) is 12.2 Å². The summed E-state index contributed by atoms with van der Waals surface area (Å²) >= 11 is 4.08. The number of nitrogens with one attached hydrogen (secondary N) is 1. The summed E-state index contributed by atoms with van der Waals surface area (Å²) in [5.74, 6) is -1.10. The average molecular weight is 380 g/mol. The van der Waals surface area contributed by atoms with Crippen molar-refractivity contribution in [3.05, 3.63) is 84.6 Å². The second-order valence-electron chi connectivity index (χ2n) is 6.04. The van der Waals surface area contributed by atoms with Crippen molar-refractivity contribution in [1.29, 1.82) is 0 Å². The number of thiol groups is 1. The van der Waals surface area contributed by atoms with Crippen molar-refractivity contribution in [3.63, 3.8) is 0 Å². The van der Waals surface area contributed by atoms with E-state index in [9.17, 15) is 14.7 Å². The zero-order valence-electron chi connectivity index (χ0n) is 14.5. The Morgan fingerprint density at radius 3 is 2.48 bits per heavy atom. The summed E-state index contributed by atoms with van der Waals surface area (Å²) in [5.41, 5.74) is 2.32. The van der Waals surface area contributed by atoms with Gasteiger partial charge in [0.15, 0.2) is 0 Å². The van der Waals surface area contributed by atoms with Crippen LogP contribution < -0.4 is 5.32 Å². The second-order valence-corrected chi connectivity index (χ2v) is 6.40. The van der Waals surface area contributed by atoms with E-state index < -0.39 is 18.2 Å². The van der Waals surface area contributed by atoms with Gasteiger partial charge in [0.2, 0.25) is 0 Å². The van der Waals surface area contributed by atoms with Crippen LogP contribution >= 0.6 is 12.6 Å². The van der Waals surface area contributed by atoms with Gasteiger partial charge in [0.25, 0.3) is 5.91 Å². The molecule has 2 N–H and O–H groups in total. The Morgan fingerprint density at radius 2 is 1.78 bits per heavy atom. The fourth-order valence-corrected chi connectivity index (χ4v) is 3.18. The number of amides is 1. The molecule has 2 aromatic rings. The lowest BCUT2D eigenvalue weighted by Crippen LogP contribution is -2.52. The van der Waals surface area contributed by atoms with Crippen molar-refractivity contribution < 1.29 is 14.7 Å². The van der Waals surface area contributed by atoms with Crippen LogP contribution in [0.25, 0.3) is 11.1 Å². The summed E-state index contributed by atoms with van der Waals surface area (Å²) in [6.07, 6.45) is 6.36. The van der Waals surface area contributed by atoms with Crippen molar-refractivity contribution in [3.8, 4) is 11.1 Å². The third kappa shape index (κ3) is 4.30. The molecule has 1 aliphatic heterocycles.